The van der Waals surface area contributed by atoms with Crippen molar-refractivity contribution < 1.29 is 23.5 Å². The fourth-order valence-electron chi connectivity index (χ4n) is 3.47. The zero-order valence-electron chi connectivity index (χ0n) is 17.7. The summed E-state index contributed by atoms with van der Waals surface area (Å²) in [5.41, 5.74) is 2.09. The lowest BCUT2D eigenvalue weighted by Gasteiger charge is -2.21. The van der Waals surface area contributed by atoms with E-state index < -0.39 is 5.97 Å². The largest absolute Gasteiger partial charge is 0.467 e. The van der Waals surface area contributed by atoms with Crippen molar-refractivity contribution in [3.8, 4) is 0 Å². The Balaban J connectivity index is 2.36. The van der Waals surface area contributed by atoms with Crippen molar-refractivity contribution in [1.82, 2.24) is 14.8 Å². The summed E-state index contributed by atoms with van der Waals surface area (Å²) in [7, 11) is 0. The average Bonchev–Trinajstić information content (AvgIpc) is 3.26. The van der Waals surface area contributed by atoms with E-state index in [1.54, 1.807) is 37.5 Å². The van der Waals surface area contributed by atoms with Crippen LogP contribution in [0.5, 0.6) is 0 Å². The molecule has 2 rings (SSSR count). The molecule has 0 radical (unpaired) electrons. The number of rotatable bonds is 9. The molecule has 0 saturated heterocycles. The minimum Gasteiger partial charge on any atom is -0.467 e. The second kappa shape index (κ2) is 9.95. The van der Waals surface area contributed by atoms with Crippen LogP contribution in [-0.4, -0.2) is 46.9 Å². The Labute approximate surface area is 170 Å². The molecule has 0 bridgehead atoms. The zero-order chi connectivity index (χ0) is 21.6. The number of Topliss-reactive ketones (excluding diaryl/α,β-unsaturated/α-hetero) is 1. The second-order valence-corrected chi connectivity index (χ2v) is 6.59. The molecule has 2 aromatic rings. The van der Waals surface area contributed by atoms with Gasteiger partial charge in [0.05, 0.1) is 26.0 Å². The van der Waals surface area contributed by atoms with Gasteiger partial charge in [-0.05, 0) is 52.3 Å². The van der Waals surface area contributed by atoms with Gasteiger partial charge in [0.1, 0.15) is 11.5 Å². The van der Waals surface area contributed by atoms with E-state index in [0.29, 0.717) is 41.4 Å². The number of aromatic nitrogens is 1. The van der Waals surface area contributed by atoms with Crippen LogP contribution in [0.3, 0.4) is 0 Å². The van der Waals surface area contributed by atoms with Crippen molar-refractivity contribution in [3.63, 3.8) is 0 Å². The van der Waals surface area contributed by atoms with Gasteiger partial charge in [0.15, 0.2) is 5.78 Å². The van der Waals surface area contributed by atoms with Gasteiger partial charge in [-0.25, -0.2) is 9.59 Å². The van der Waals surface area contributed by atoms with Crippen LogP contribution < -0.4 is 5.32 Å². The molecule has 0 spiro atoms. The maximum absolute atomic E-state index is 13.2. The van der Waals surface area contributed by atoms with Crippen molar-refractivity contribution in [2.45, 2.75) is 47.7 Å². The number of hydrogen-bond donors (Lipinski definition) is 1. The first-order valence-corrected chi connectivity index (χ1v) is 9.80. The van der Waals surface area contributed by atoms with Crippen molar-refractivity contribution in [3.05, 3.63) is 46.7 Å². The fraction of sp³-hybridized carbons (Fsp3) is 0.476. The molecule has 29 heavy (non-hydrogen) atoms. The number of urea groups is 1. The minimum absolute atomic E-state index is 0.135. The Kier molecular flexibility index (Phi) is 7.64. The van der Waals surface area contributed by atoms with E-state index in [9.17, 15) is 14.4 Å². The Morgan fingerprint density at radius 3 is 2.48 bits per heavy atom. The predicted molar refractivity (Wildman–Crippen MR) is 108 cm³/mol. The van der Waals surface area contributed by atoms with Gasteiger partial charge in [0.2, 0.25) is 0 Å². The van der Waals surface area contributed by atoms with E-state index in [-0.39, 0.29) is 31.5 Å². The van der Waals surface area contributed by atoms with Gasteiger partial charge in [-0.15, -0.1) is 0 Å². The van der Waals surface area contributed by atoms with Crippen LogP contribution in [0.25, 0.3) is 0 Å². The number of nitrogens with one attached hydrogen (secondary N) is 1. The number of nitrogens with zero attached hydrogens (tertiary/aromatic N) is 2. The summed E-state index contributed by atoms with van der Waals surface area (Å²) in [5, 5.41) is 2.72. The third kappa shape index (κ3) is 4.88. The van der Waals surface area contributed by atoms with Crippen molar-refractivity contribution >= 4 is 17.8 Å². The molecule has 2 amide bonds. The first kappa shape index (κ1) is 22.3. The van der Waals surface area contributed by atoms with Gasteiger partial charge in [-0.3, -0.25) is 4.79 Å². The standard InChI is InChI=1S/C21H29N3O5/c1-6-22-21(27)23(12-16-10-9-11-29-16)13-17(25)18-14(4)19(20(26)28-8-3)24(7-2)15(18)5/h9-11H,6-8,12-13H2,1-5H3,(H,22,27). The van der Waals surface area contributed by atoms with E-state index in [1.807, 2.05) is 13.8 Å². The number of esters is 1. The van der Waals surface area contributed by atoms with Crippen LogP contribution in [0.15, 0.2) is 22.8 Å². The summed E-state index contributed by atoms with van der Waals surface area (Å²) in [6.45, 7) is 10.3. The number of ketones is 1. The summed E-state index contributed by atoms with van der Waals surface area (Å²) in [5.74, 6) is -0.114. The third-order valence-corrected chi connectivity index (χ3v) is 4.71. The molecule has 158 valence electrons. The highest BCUT2D eigenvalue weighted by molar-refractivity contribution is 6.04. The molecule has 8 heteroatoms. The Bertz CT molecular complexity index is 868. The van der Waals surface area contributed by atoms with E-state index in [4.69, 9.17) is 9.15 Å². The Hall–Kier alpha value is -3.03. The molecule has 0 unspecified atom stereocenters. The molecule has 0 aliphatic carbocycles. The summed E-state index contributed by atoms with van der Waals surface area (Å²) < 4.78 is 12.3. The molecule has 0 aromatic carbocycles. The highest BCUT2D eigenvalue weighted by Crippen LogP contribution is 2.24. The molecular weight excluding hydrogens is 374 g/mol. The van der Waals surface area contributed by atoms with Crippen LogP contribution in [0.4, 0.5) is 4.79 Å². The lowest BCUT2D eigenvalue weighted by Crippen LogP contribution is -2.42. The van der Waals surface area contributed by atoms with Gasteiger partial charge >= 0.3 is 12.0 Å². The van der Waals surface area contributed by atoms with E-state index in [1.165, 1.54) is 11.2 Å². The smallest absolute Gasteiger partial charge is 0.355 e. The summed E-state index contributed by atoms with van der Waals surface area (Å²) >= 11 is 0. The number of furan rings is 1. The fourth-order valence-corrected chi connectivity index (χ4v) is 3.47. The highest BCUT2D eigenvalue weighted by Gasteiger charge is 2.28. The number of ether oxygens (including phenoxy) is 1. The molecule has 1 N–H and O–H groups in total. The highest BCUT2D eigenvalue weighted by atomic mass is 16.5. The van der Waals surface area contributed by atoms with Gasteiger partial charge in [0, 0.05) is 24.3 Å². The summed E-state index contributed by atoms with van der Waals surface area (Å²) in [6.07, 6.45) is 1.52. The first-order valence-electron chi connectivity index (χ1n) is 9.80. The van der Waals surface area contributed by atoms with Crippen molar-refractivity contribution in [2.75, 3.05) is 19.7 Å². The van der Waals surface area contributed by atoms with Crippen LogP contribution in [-0.2, 0) is 17.8 Å². The van der Waals surface area contributed by atoms with Crippen LogP contribution >= 0.6 is 0 Å². The molecule has 0 atom stereocenters. The zero-order valence-corrected chi connectivity index (χ0v) is 17.7. The van der Waals surface area contributed by atoms with Crippen LogP contribution in [0.2, 0.25) is 0 Å². The maximum Gasteiger partial charge on any atom is 0.355 e. The maximum atomic E-state index is 13.2. The molecule has 0 fully saturated rings. The number of carbonyl (C=O) groups excluding carboxylic acids is 3. The van der Waals surface area contributed by atoms with Crippen LogP contribution in [0.1, 0.15) is 58.6 Å². The van der Waals surface area contributed by atoms with Crippen LogP contribution in [0, 0.1) is 13.8 Å². The molecule has 8 nitrogen and oxygen atoms in total. The molecule has 0 aliphatic rings. The molecule has 0 saturated carbocycles. The lowest BCUT2D eigenvalue weighted by atomic mass is 10.1. The normalized spacial score (nSPS) is 10.7. The molecule has 2 heterocycles. The van der Waals surface area contributed by atoms with Gasteiger partial charge in [-0.1, -0.05) is 0 Å². The molecular formula is C21H29N3O5. The Morgan fingerprint density at radius 2 is 1.93 bits per heavy atom. The van der Waals surface area contributed by atoms with E-state index in [0.717, 1.165) is 0 Å². The SMILES string of the molecule is CCNC(=O)N(CC(=O)c1c(C)c(C(=O)OCC)n(CC)c1C)Cc1ccco1. The Morgan fingerprint density at radius 1 is 1.21 bits per heavy atom. The first-order chi connectivity index (χ1) is 13.8. The monoisotopic (exact) mass is 403 g/mol. The lowest BCUT2D eigenvalue weighted by molar-refractivity contribution is 0.0512. The van der Waals surface area contributed by atoms with Crippen molar-refractivity contribution in [1.29, 1.82) is 0 Å². The predicted octanol–water partition coefficient (Wildman–Crippen LogP) is 3.31. The summed E-state index contributed by atoms with van der Waals surface area (Å²) in [4.78, 5) is 39.5. The topological polar surface area (TPSA) is 93.8 Å². The van der Waals surface area contributed by atoms with Gasteiger partial charge in [-0.2, -0.15) is 0 Å². The van der Waals surface area contributed by atoms with Crippen molar-refractivity contribution in [2.24, 2.45) is 0 Å². The minimum atomic E-state index is -0.454. The number of carbonyl (C=O) groups is 3. The molecule has 0 aliphatic heterocycles. The second-order valence-electron chi connectivity index (χ2n) is 6.59. The van der Waals surface area contributed by atoms with E-state index in [2.05, 4.69) is 5.32 Å². The van der Waals surface area contributed by atoms with Gasteiger partial charge < -0.3 is 23.9 Å². The van der Waals surface area contributed by atoms with Gasteiger partial charge in [0.25, 0.3) is 0 Å². The molecule has 2 aromatic heterocycles. The number of hydrogen-bond acceptors (Lipinski definition) is 5. The average molecular weight is 403 g/mol. The van der Waals surface area contributed by atoms with E-state index >= 15 is 0 Å². The third-order valence-electron chi connectivity index (χ3n) is 4.71. The number of amides is 2. The quantitative estimate of drug-likeness (QED) is 0.512. The summed E-state index contributed by atoms with van der Waals surface area (Å²) in [6, 6.07) is 3.13.